The lowest BCUT2D eigenvalue weighted by Gasteiger charge is -2.13. The number of hydrogen-bond acceptors (Lipinski definition) is 2. The number of carbonyl (C=O) groups excluding carboxylic acids is 2. The zero-order valence-electron chi connectivity index (χ0n) is 8.33. The van der Waals surface area contributed by atoms with Crippen LogP contribution in [0.2, 0.25) is 0 Å². The van der Waals surface area contributed by atoms with E-state index in [0.717, 1.165) is 0 Å². The number of likely N-dealkylation sites (tertiary alicyclic amines) is 1. The van der Waals surface area contributed by atoms with Crippen molar-refractivity contribution in [2.75, 3.05) is 13.6 Å². The van der Waals surface area contributed by atoms with Gasteiger partial charge in [0.2, 0.25) is 11.8 Å². The Kier molecular flexibility index (Phi) is 2.90. The van der Waals surface area contributed by atoms with Gasteiger partial charge in [0.25, 0.3) is 0 Å². The van der Waals surface area contributed by atoms with E-state index in [9.17, 15) is 9.59 Å². The number of nitrogens with zero attached hydrogens (tertiary/aromatic N) is 1. The Balaban J connectivity index is 2.40. The number of rotatable bonds is 2. The van der Waals surface area contributed by atoms with E-state index in [-0.39, 0.29) is 23.8 Å². The minimum Gasteiger partial charge on any atom is -0.351 e. The topological polar surface area (TPSA) is 49.4 Å². The molecule has 1 N–H and O–H groups in total. The summed E-state index contributed by atoms with van der Waals surface area (Å²) in [6.07, 6.45) is 0.439. The summed E-state index contributed by atoms with van der Waals surface area (Å²) in [6, 6.07) is 0.00685. The van der Waals surface area contributed by atoms with Crippen LogP contribution in [0.1, 0.15) is 20.3 Å². The van der Waals surface area contributed by atoms with Crippen LogP contribution in [-0.2, 0) is 9.59 Å². The van der Waals surface area contributed by atoms with Crippen molar-refractivity contribution in [1.29, 1.82) is 0 Å². The second-order valence-corrected chi connectivity index (χ2v) is 3.84. The second-order valence-electron chi connectivity index (χ2n) is 3.84. The Labute approximate surface area is 78.3 Å². The number of amides is 2. The largest absolute Gasteiger partial charge is 0.351 e. The first-order valence-corrected chi connectivity index (χ1v) is 4.55. The minimum absolute atomic E-state index is 0.00685. The standard InChI is InChI=1S/C9H16N2O2/c1-6(2)9(13)10-7-4-8(12)11(3)5-7/h6-7H,4-5H2,1-3H3,(H,10,13). The Bertz CT molecular complexity index is 226. The van der Waals surface area contributed by atoms with Crippen LogP contribution < -0.4 is 5.32 Å². The van der Waals surface area contributed by atoms with E-state index in [0.29, 0.717) is 13.0 Å². The molecule has 0 aromatic heterocycles. The molecule has 1 atom stereocenters. The second kappa shape index (κ2) is 3.77. The van der Waals surface area contributed by atoms with Gasteiger partial charge in [0.05, 0.1) is 6.04 Å². The fraction of sp³-hybridized carbons (Fsp3) is 0.778. The van der Waals surface area contributed by atoms with Crippen LogP contribution in [0.25, 0.3) is 0 Å². The molecule has 0 saturated carbocycles. The lowest BCUT2D eigenvalue weighted by molar-refractivity contribution is -0.126. The van der Waals surface area contributed by atoms with Crippen LogP contribution in [0.3, 0.4) is 0 Å². The van der Waals surface area contributed by atoms with Crippen molar-refractivity contribution in [1.82, 2.24) is 10.2 Å². The van der Waals surface area contributed by atoms with Gasteiger partial charge in [-0.3, -0.25) is 9.59 Å². The molecule has 1 rings (SSSR count). The maximum Gasteiger partial charge on any atom is 0.224 e. The molecule has 1 heterocycles. The highest BCUT2D eigenvalue weighted by molar-refractivity contribution is 5.82. The summed E-state index contributed by atoms with van der Waals surface area (Å²) in [4.78, 5) is 24.0. The van der Waals surface area contributed by atoms with Crippen molar-refractivity contribution >= 4 is 11.8 Å². The van der Waals surface area contributed by atoms with Gasteiger partial charge in [0.1, 0.15) is 0 Å². The lowest BCUT2D eigenvalue weighted by Crippen LogP contribution is -2.38. The first kappa shape index (κ1) is 10.0. The van der Waals surface area contributed by atoms with Crippen LogP contribution in [0, 0.1) is 5.92 Å². The van der Waals surface area contributed by atoms with E-state index < -0.39 is 0 Å². The van der Waals surface area contributed by atoms with Gasteiger partial charge in [-0.05, 0) is 0 Å². The summed E-state index contributed by atoms with van der Waals surface area (Å²) >= 11 is 0. The van der Waals surface area contributed by atoms with Crippen LogP contribution in [0.5, 0.6) is 0 Å². The molecule has 1 fully saturated rings. The first-order chi connectivity index (χ1) is 6.00. The van der Waals surface area contributed by atoms with Crippen molar-refractivity contribution in [3.8, 4) is 0 Å². The van der Waals surface area contributed by atoms with E-state index in [4.69, 9.17) is 0 Å². The number of likely N-dealkylation sites (N-methyl/N-ethyl adjacent to an activating group) is 1. The normalized spacial score (nSPS) is 22.6. The van der Waals surface area contributed by atoms with Gasteiger partial charge in [-0.2, -0.15) is 0 Å². The van der Waals surface area contributed by atoms with Gasteiger partial charge in [0, 0.05) is 25.9 Å². The molecule has 0 spiro atoms. The maximum absolute atomic E-state index is 11.3. The van der Waals surface area contributed by atoms with Crippen LogP contribution in [0.15, 0.2) is 0 Å². The quantitative estimate of drug-likeness (QED) is 0.656. The van der Waals surface area contributed by atoms with Gasteiger partial charge in [-0.15, -0.1) is 0 Å². The molecule has 0 bridgehead atoms. The number of carbonyl (C=O) groups is 2. The summed E-state index contributed by atoms with van der Waals surface area (Å²) in [7, 11) is 1.75. The Hall–Kier alpha value is -1.06. The van der Waals surface area contributed by atoms with Crippen LogP contribution in [-0.4, -0.2) is 36.3 Å². The third-order valence-electron chi connectivity index (χ3n) is 2.21. The van der Waals surface area contributed by atoms with Gasteiger partial charge < -0.3 is 10.2 Å². The van der Waals surface area contributed by atoms with Gasteiger partial charge in [-0.25, -0.2) is 0 Å². The predicted octanol–water partition coefficient (Wildman–Crippen LogP) is -0.0107. The fourth-order valence-corrected chi connectivity index (χ4v) is 1.33. The zero-order valence-corrected chi connectivity index (χ0v) is 8.33. The smallest absolute Gasteiger partial charge is 0.224 e. The van der Waals surface area contributed by atoms with Gasteiger partial charge >= 0.3 is 0 Å². The third kappa shape index (κ3) is 2.44. The SMILES string of the molecule is CC(C)C(=O)NC1CC(=O)N(C)C1. The first-order valence-electron chi connectivity index (χ1n) is 4.55. The van der Waals surface area contributed by atoms with Crippen molar-refractivity contribution in [2.24, 2.45) is 5.92 Å². The molecule has 0 radical (unpaired) electrons. The highest BCUT2D eigenvalue weighted by Gasteiger charge is 2.28. The van der Waals surface area contributed by atoms with Gasteiger partial charge in [0.15, 0.2) is 0 Å². The predicted molar refractivity (Wildman–Crippen MR) is 49.0 cm³/mol. The molecular weight excluding hydrogens is 168 g/mol. The van der Waals surface area contributed by atoms with E-state index in [1.54, 1.807) is 11.9 Å². The molecule has 4 nitrogen and oxygen atoms in total. The number of hydrogen-bond donors (Lipinski definition) is 1. The average Bonchev–Trinajstić information content (AvgIpc) is 2.31. The highest BCUT2D eigenvalue weighted by atomic mass is 16.2. The van der Waals surface area contributed by atoms with E-state index in [2.05, 4.69) is 5.32 Å². The van der Waals surface area contributed by atoms with Crippen molar-refractivity contribution in [3.63, 3.8) is 0 Å². The maximum atomic E-state index is 11.3. The molecule has 13 heavy (non-hydrogen) atoms. The molecule has 2 amide bonds. The molecule has 1 unspecified atom stereocenters. The summed E-state index contributed by atoms with van der Waals surface area (Å²) in [5, 5.41) is 2.84. The van der Waals surface area contributed by atoms with Crippen molar-refractivity contribution in [3.05, 3.63) is 0 Å². The fourth-order valence-electron chi connectivity index (χ4n) is 1.33. The molecule has 1 aliphatic heterocycles. The monoisotopic (exact) mass is 184 g/mol. The lowest BCUT2D eigenvalue weighted by atomic mass is 10.2. The summed E-state index contributed by atoms with van der Waals surface area (Å²) in [5.74, 6) is 0.114. The van der Waals surface area contributed by atoms with Crippen molar-refractivity contribution in [2.45, 2.75) is 26.3 Å². The van der Waals surface area contributed by atoms with Crippen LogP contribution >= 0.6 is 0 Å². The minimum atomic E-state index is -0.0130. The molecule has 1 saturated heterocycles. The molecule has 74 valence electrons. The molecule has 0 aromatic rings. The number of nitrogens with one attached hydrogen (secondary N) is 1. The van der Waals surface area contributed by atoms with Gasteiger partial charge in [-0.1, -0.05) is 13.8 Å². The molecule has 0 aromatic carbocycles. The Morgan fingerprint density at radius 2 is 2.23 bits per heavy atom. The molecule has 0 aliphatic carbocycles. The van der Waals surface area contributed by atoms with Crippen molar-refractivity contribution < 1.29 is 9.59 Å². The summed E-state index contributed by atoms with van der Waals surface area (Å²) in [5.41, 5.74) is 0. The highest BCUT2D eigenvalue weighted by Crippen LogP contribution is 2.08. The average molecular weight is 184 g/mol. The Morgan fingerprint density at radius 3 is 2.62 bits per heavy atom. The molecule has 1 aliphatic rings. The van der Waals surface area contributed by atoms with E-state index >= 15 is 0 Å². The molecule has 4 heteroatoms. The van der Waals surface area contributed by atoms with E-state index in [1.807, 2.05) is 13.8 Å². The third-order valence-corrected chi connectivity index (χ3v) is 2.21. The summed E-state index contributed by atoms with van der Waals surface area (Å²) < 4.78 is 0. The van der Waals surface area contributed by atoms with E-state index in [1.165, 1.54) is 0 Å². The molecular formula is C9H16N2O2. The Morgan fingerprint density at radius 1 is 1.62 bits per heavy atom. The summed E-state index contributed by atoms with van der Waals surface area (Å²) in [6.45, 7) is 4.32. The zero-order chi connectivity index (χ0) is 10.0. The van der Waals surface area contributed by atoms with Crippen LogP contribution in [0.4, 0.5) is 0 Å².